The number of nitrogens with zero attached hydrogens (tertiary/aromatic N) is 4. The first-order chi connectivity index (χ1) is 15.7. The van der Waals surface area contributed by atoms with Gasteiger partial charge in [0.2, 0.25) is 17.7 Å². The standard InChI is InChI=1S/C24H32N4O4/c1-30-21-9-5-7-19(25-21)24(23(29)28-12-3-4-13-28,11-14-27-15-17-32-18-16-27)20-8-6-10-22(26-20)31-2/h5-10H,3-4,11-18H2,1-2H3. The van der Waals surface area contributed by atoms with Gasteiger partial charge in [0.15, 0.2) is 0 Å². The largest absolute Gasteiger partial charge is 0.481 e. The van der Waals surface area contributed by atoms with Crippen molar-refractivity contribution in [3.05, 3.63) is 47.8 Å². The maximum Gasteiger partial charge on any atom is 0.240 e. The highest BCUT2D eigenvalue weighted by Gasteiger charge is 2.48. The zero-order chi connectivity index (χ0) is 22.4. The second-order valence-corrected chi connectivity index (χ2v) is 8.24. The third-order valence-corrected chi connectivity index (χ3v) is 6.40. The number of carbonyl (C=O) groups excluding carboxylic acids is 1. The van der Waals surface area contributed by atoms with E-state index in [1.54, 1.807) is 26.4 Å². The molecule has 1 amide bonds. The molecule has 0 radical (unpaired) electrons. The average Bonchev–Trinajstić information content (AvgIpc) is 3.40. The van der Waals surface area contributed by atoms with Gasteiger partial charge in [-0.15, -0.1) is 0 Å². The molecule has 0 saturated carbocycles. The fraction of sp³-hybridized carbons (Fsp3) is 0.542. The fourth-order valence-electron chi connectivity index (χ4n) is 4.59. The van der Waals surface area contributed by atoms with Crippen LogP contribution >= 0.6 is 0 Å². The zero-order valence-corrected chi connectivity index (χ0v) is 19.0. The minimum Gasteiger partial charge on any atom is -0.481 e. The van der Waals surface area contributed by atoms with E-state index in [2.05, 4.69) is 4.90 Å². The molecule has 2 aliphatic heterocycles. The van der Waals surface area contributed by atoms with E-state index in [1.165, 1.54) is 0 Å². The molecule has 32 heavy (non-hydrogen) atoms. The molecule has 0 aliphatic carbocycles. The van der Waals surface area contributed by atoms with E-state index in [0.717, 1.165) is 45.6 Å². The average molecular weight is 441 g/mol. The maximum absolute atomic E-state index is 14.3. The molecule has 8 heteroatoms. The Morgan fingerprint density at radius 2 is 1.50 bits per heavy atom. The Hall–Kier alpha value is -2.71. The van der Waals surface area contributed by atoms with Crippen LogP contribution in [0.2, 0.25) is 0 Å². The van der Waals surface area contributed by atoms with E-state index >= 15 is 0 Å². The van der Waals surface area contributed by atoms with Crippen molar-refractivity contribution in [1.82, 2.24) is 19.8 Å². The molecule has 0 aromatic carbocycles. The van der Waals surface area contributed by atoms with E-state index < -0.39 is 5.41 Å². The lowest BCUT2D eigenvalue weighted by Gasteiger charge is -2.37. The lowest BCUT2D eigenvalue weighted by atomic mass is 9.75. The van der Waals surface area contributed by atoms with Crippen molar-refractivity contribution in [3.8, 4) is 11.8 Å². The summed E-state index contributed by atoms with van der Waals surface area (Å²) < 4.78 is 16.4. The molecular weight excluding hydrogens is 408 g/mol. The van der Waals surface area contributed by atoms with Crippen LogP contribution in [-0.4, -0.2) is 85.8 Å². The number of pyridine rings is 2. The third kappa shape index (κ3) is 4.56. The summed E-state index contributed by atoms with van der Waals surface area (Å²) in [5, 5.41) is 0. The Balaban J connectivity index is 1.83. The predicted octanol–water partition coefficient (Wildman–Crippen LogP) is 2.12. The van der Waals surface area contributed by atoms with Gasteiger partial charge in [-0.25, -0.2) is 9.97 Å². The Morgan fingerprint density at radius 1 is 0.938 bits per heavy atom. The minimum absolute atomic E-state index is 0.0461. The number of hydrogen-bond donors (Lipinski definition) is 0. The Bertz CT molecular complexity index is 863. The van der Waals surface area contributed by atoms with Crippen LogP contribution in [0.3, 0.4) is 0 Å². The summed E-state index contributed by atoms with van der Waals surface area (Å²) in [6, 6.07) is 11.2. The van der Waals surface area contributed by atoms with E-state index in [-0.39, 0.29) is 5.91 Å². The SMILES string of the molecule is COc1cccc(C(CCN2CCOCC2)(C(=O)N2CCCC2)c2cccc(OC)n2)n1. The van der Waals surface area contributed by atoms with Gasteiger partial charge in [-0.3, -0.25) is 9.69 Å². The van der Waals surface area contributed by atoms with Crippen molar-refractivity contribution in [1.29, 1.82) is 0 Å². The molecule has 2 aromatic heterocycles. The monoisotopic (exact) mass is 440 g/mol. The molecule has 4 rings (SSSR count). The molecule has 2 saturated heterocycles. The number of likely N-dealkylation sites (tertiary alicyclic amines) is 1. The van der Waals surface area contributed by atoms with E-state index in [0.29, 0.717) is 42.8 Å². The number of aromatic nitrogens is 2. The topological polar surface area (TPSA) is 77.0 Å². The van der Waals surface area contributed by atoms with Crippen molar-refractivity contribution in [2.24, 2.45) is 0 Å². The molecule has 0 atom stereocenters. The number of carbonyl (C=O) groups is 1. The zero-order valence-electron chi connectivity index (χ0n) is 19.0. The van der Waals surface area contributed by atoms with Gasteiger partial charge in [-0.1, -0.05) is 12.1 Å². The lowest BCUT2D eigenvalue weighted by molar-refractivity contribution is -0.135. The van der Waals surface area contributed by atoms with Crippen molar-refractivity contribution >= 4 is 5.91 Å². The van der Waals surface area contributed by atoms with Gasteiger partial charge in [0.1, 0.15) is 5.41 Å². The van der Waals surface area contributed by atoms with Crippen LogP contribution in [0.25, 0.3) is 0 Å². The molecule has 2 fully saturated rings. The van der Waals surface area contributed by atoms with Gasteiger partial charge in [-0.2, -0.15) is 0 Å². The van der Waals surface area contributed by atoms with E-state index in [9.17, 15) is 4.79 Å². The van der Waals surface area contributed by atoms with Crippen LogP contribution in [0.5, 0.6) is 11.8 Å². The second-order valence-electron chi connectivity index (χ2n) is 8.24. The highest BCUT2D eigenvalue weighted by molar-refractivity contribution is 5.91. The van der Waals surface area contributed by atoms with Crippen LogP contribution in [0, 0.1) is 0 Å². The van der Waals surface area contributed by atoms with E-state index in [1.807, 2.05) is 29.2 Å². The fourth-order valence-corrected chi connectivity index (χ4v) is 4.59. The first kappa shape index (κ1) is 22.5. The molecule has 4 heterocycles. The van der Waals surface area contributed by atoms with Crippen molar-refractivity contribution in [2.75, 3.05) is 60.2 Å². The quantitative estimate of drug-likeness (QED) is 0.622. The maximum atomic E-state index is 14.3. The lowest BCUT2D eigenvalue weighted by Crippen LogP contribution is -2.50. The summed E-state index contributed by atoms with van der Waals surface area (Å²) in [5.41, 5.74) is 0.275. The number of morpholine rings is 1. The van der Waals surface area contributed by atoms with Gasteiger partial charge in [-0.05, 0) is 31.4 Å². The highest BCUT2D eigenvalue weighted by Crippen LogP contribution is 2.38. The molecule has 0 spiro atoms. The summed E-state index contributed by atoms with van der Waals surface area (Å²) in [6.45, 7) is 5.37. The summed E-state index contributed by atoms with van der Waals surface area (Å²) >= 11 is 0. The number of amides is 1. The molecule has 0 bridgehead atoms. The Kier molecular flexibility index (Phi) is 7.22. The normalized spacial score (nSPS) is 17.4. The number of hydrogen-bond acceptors (Lipinski definition) is 7. The van der Waals surface area contributed by atoms with Gasteiger partial charge in [0, 0.05) is 44.9 Å². The van der Waals surface area contributed by atoms with Crippen LogP contribution in [0.15, 0.2) is 36.4 Å². The van der Waals surface area contributed by atoms with Gasteiger partial charge in [0.05, 0.1) is 38.8 Å². The second kappa shape index (κ2) is 10.3. The van der Waals surface area contributed by atoms with Crippen molar-refractivity contribution in [3.63, 3.8) is 0 Å². The number of methoxy groups -OCH3 is 2. The summed E-state index contributed by atoms with van der Waals surface area (Å²) in [4.78, 5) is 28.1. The predicted molar refractivity (Wildman–Crippen MR) is 120 cm³/mol. The molecule has 0 N–H and O–H groups in total. The van der Waals surface area contributed by atoms with Crippen molar-refractivity contribution in [2.45, 2.75) is 24.7 Å². The highest BCUT2D eigenvalue weighted by atomic mass is 16.5. The van der Waals surface area contributed by atoms with E-state index in [4.69, 9.17) is 24.2 Å². The number of ether oxygens (including phenoxy) is 3. The Morgan fingerprint density at radius 3 is 2.03 bits per heavy atom. The Labute approximate surface area is 189 Å². The number of rotatable bonds is 8. The molecule has 0 unspecified atom stereocenters. The summed E-state index contributed by atoms with van der Waals surface area (Å²) in [5.74, 6) is 1.01. The van der Waals surface area contributed by atoms with Crippen LogP contribution in [0.4, 0.5) is 0 Å². The third-order valence-electron chi connectivity index (χ3n) is 6.40. The van der Waals surface area contributed by atoms with Crippen LogP contribution in [0.1, 0.15) is 30.7 Å². The minimum atomic E-state index is -1.04. The molecule has 2 aromatic rings. The first-order valence-electron chi connectivity index (χ1n) is 11.3. The van der Waals surface area contributed by atoms with Crippen LogP contribution in [-0.2, 0) is 14.9 Å². The van der Waals surface area contributed by atoms with Crippen LogP contribution < -0.4 is 9.47 Å². The molecule has 8 nitrogen and oxygen atoms in total. The molecule has 2 aliphatic rings. The van der Waals surface area contributed by atoms with Gasteiger partial charge >= 0.3 is 0 Å². The smallest absolute Gasteiger partial charge is 0.240 e. The molecule has 172 valence electrons. The first-order valence-corrected chi connectivity index (χ1v) is 11.3. The van der Waals surface area contributed by atoms with Crippen molar-refractivity contribution < 1.29 is 19.0 Å². The van der Waals surface area contributed by atoms with Gasteiger partial charge in [0.25, 0.3) is 0 Å². The molecular formula is C24H32N4O4. The summed E-state index contributed by atoms with van der Waals surface area (Å²) in [6.07, 6.45) is 2.59. The van der Waals surface area contributed by atoms with Gasteiger partial charge < -0.3 is 19.1 Å². The summed E-state index contributed by atoms with van der Waals surface area (Å²) in [7, 11) is 3.18.